The third-order valence-corrected chi connectivity index (χ3v) is 6.36. The predicted molar refractivity (Wildman–Crippen MR) is 142 cm³/mol. The summed E-state index contributed by atoms with van der Waals surface area (Å²) in [6.45, 7) is 2.02. The van der Waals surface area contributed by atoms with Crippen LogP contribution < -0.4 is 15.2 Å². The Morgan fingerprint density at radius 2 is 1.76 bits per heavy atom. The smallest absolute Gasteiger partial charge is 0.206 e. The van der Waals surface area contributed by atoms with Crippen LogP contribution in [0.3, 0.4) is 0 Å². The first-order valence-electron chi connectivity index (χ1n) is 12.3. The number of hydrogen-bond donors (Lipinski definition) is 1. The van der Waals surface area contributed by atoms with E-state index in [1.165, 1.54) is 17.7 Å². The van der Waals surface area contributed by atoms with Crippen LogP contribution in [-0.2, 0) is 6.61 Å². The quantitative estimate of drug-likeness (QED) is 0.281. The van der Waals surface area contributed by atoms with Gasteiger partial charge in [0.2, 0.25) is 5.95 Å². The SMILES string of the molecule is Cc1ncc(COc2cc(F)cc(Oc3ccc(-c4nc(C5=CCCC5)c5ccnc(N)n45)cc3)c2)cn1. The molecule has 0 saturated heterocycles. The topological polar surface area (TPSA) is 100 Å². The highest BCUT2D eigenvalue weighted by atomic mass is 19.1. The zero-order valence-electron chi connectivity index (χ0n) is 20.8. The number of imidazole rings is 1. The first kappa shape index (κ1) is 23.6. The Morgan fingerprint density at radius 1 is 0.974 bits per heavy atom. The molecule has 0 aliphatic heterocycles. The lowest BCUT2D eigenvalue weighted by Crippen LogP contribution is -2.01. The van der Waals surface area contributed by atoms with Crippen molar-refractivity contribution < 1.29 is 13.9 Å². The first-order chi connectivity index (χ1) is 18.5. The minimum absolute atomic E-state index is 0.215. The number of halogens is 1. The lowest BCUT2D eigenvalue weighted by Gasteiger charge is -2.10. The van der Waals surface area contributed by atoms with Gasteiger partial charge in [-0.15, -0.1) is 0 Å². The van der Waals surface area contributed by atoms with E-state index in [9.17, 15) is 4.39 Å². The fourth-order valence-corrected chi connectivity index (χ4v) is 4.52. The largest absolute Gasteiger partial charge is 0.489 e. The molecule has 0 saturated carbocycles. The number of anilines is 1. The first-order valence-corrected chi connectivity index (χ1v) is 12.3. The molecule has 2 aromatic carbocycles. The fourth-order valence-electron chi connectivity index (χ4n) is 4.52. The maximum Gasteiger partial charge on any atom is 0.206 e. The summed E-state index contributed by atoms with van der Waals surface area (Å²) in [4.78, 5) is 17.5. The highest BCUT2D eigenvalue weighted by Crippen LogP contribution is 2.35. The average Bonchev–Trinajstić information content (AvgIpc) is 3.58. The number of rotatable bonds is 7. The zero-order chi connectivity index (χ0) is 26.1. The van der Waals surface area contributed by atoms with Crippen molar-refractivity contribution in [1.82, 2.24) is 24.3 Å². The molecule has 2 N–H and O–H groups in total. The molecule has 1 aliphatic rings. The van der Waals surface area contributed by atoms with E-state index in [2.05, 4.69) is 21.0 Å². The van der Waals surface area contributed by atoms with Gasteiger partial charge in [-0.25, -0.2) is 24.3 Å². The number of nitrogen functional groups attached to an aromatic ring is 1. The number of aromatic nitrogens is 5. The molecule has 0 spiro atoms. The van der Waals surface area contributed by atoms with Crippen LogP contribution in [0.4, 0.5) is 10.3 Å². The second-order valence-electron chi connectivity index (χ2n) is 9.11. The van der Waals surface area contributed by atoms with Gasteiger partial charge in [0.25, 0.3) is 0 Å². The van der Waals surface area contributed by atoms with Gasteiger partial charge in [0.15, 0.2) is 0 Å². The average molecular weight is 509 g/mol. The van der Waals surface area contributed by atoms with E-state index >= 15 is 0 Å². The van der Waals surface area contributed by atoms with Crippen molar-refractivity contribution in [3.63, 3.8) is 0 Å². The summed E-state index contributed by atoms with van der Waals surface area (Å²) in [5, 5.41) is 0. The molecular weight excluding hydrogens is 483 g/mol. The Balaban J connectivity index is 1.23. The van der Waals surface area contributed by atoms with E-state index in [1.54, 1.807) is 24.7 Å². The van der Waals surface area contributed by atoms with Gasteiger partial charge in [0.1, 0.15) is 41.3 Å². The Kier molecular flexibility index (Phi) is 6.17. The number of allylic oxidation sites excluding steroid dienone is 2. The monoisotopic (exact) mass is 508 g/mol. The van der Waals surface area contributed by atoms with Crippen molar-refractivity contribution in [1.29, 1.82) is 0 Å². The highest BCUT2D eigenvalue weighted by molar-refractivity contribution is 5.81. The van der Waals surface area contributed by atoms with E-state index in [1.807, 2.05) is 41.7 Å². The normalized spacial score (nSPS) is 13.1. The summed E-state index contributed by atoms with van der Waals surface area (Å²) in [5.74, 6) is 2.51. The second-order valence-corrected chi connectivity index (χ2v) is 9.11. The highest BCUT2D eigenvalue weighted by Gasteiger charge is 2.19. The van der Waals surface area contributed by atoms with E-state index < -0.39 is 5.82 Å². The molecule has 1 aliphatic carbocycles. The molecule has 0 unspecified atom stereocenters. The van der Waals surface area contributed by atoms with Gasteiger partial charge in [-0.05, 0) is 62.1 Å². The molecule has 0 bridgehead atoms. The standard InChI is InChI=1S/C29H25FN6O2/c1-18-33-15-19(16-34-18)17-37-24-12-22(30)13-25(14-24)38-23-8-6-21(7-9-23)28-35-27(20-4-2-3-5-20)26-10-11-32-29(31)36(26)28/h4,6-16H,2-3,5,17H2,1H3,(H2,31,32). The molecule has 0 atom stereocenters. The molecule has 5 aromatic rings. The van der Waals surface area contributed by atoms with Crippen molar-refractivity contribution in [2.24, 2.45) is 0 Å². The zero-order valence-corrected chi connectivity index (χ0v) is 20.8. The summed E-state index contributed by atoms with van der Waals surface area (Å²) in [7, 11) is 0. The third-order valence-electron chi connectivity index (χ3n) is 6.36. The Labute approximate surface area is 218 Å². The minimum Gasteiger partial charge on any atom is -0.489 e. The van der Waals surface area contributed by atoms with Crippen molar-refractivity contribution in [2.75, 3.05) is 5.73 Å². The van der Waals surface area contributed by atoms with E-state index in [-0.39, 0.29) is 6.61 Å². The van der Waals surface area contributed by atoms with Gasteiger partial charge in [0, 0.05) is 47.9 Å². The van der Waals surface area contributed by atoms with Crippen LogP contribution in [0, 0.1) is 12.7 Å². The molecule has 38 heavy (non-hydrogen) atoms. The Hall–Kier alpha value is -4.79. The summed E-state index contributed by atoms with van der Waals surface area (Å²) >= 11 is 0. The number of nitrogens with two attached hydrogens (primary N) is 1. The molecule has 6 rings (SSSR count). The van der Waals surface area contributed by atoms with Crippen LogP contribution in [0.5, 0.6) is 17.2 Å². The van der Waals surface area contributed by atoms with E-state index in [4.69, 9.17) is 20.2 Å². The lowest BCUT2D eigenvalue weighted by molar-refractivity contribution is 0.301. The molecule has 9 heteroatoms. The maximum atomic E-state index is 14.3. The molecule has 0 radical (unpaired) electrons. The van der Waals surface area contributed by atoms with Gasteiger partial charge in [-0.3, -0.25) is 4.40 Å². The second kappa shape index (κ2) is 9.93. The van der Waals surface area contributed by atoms with Crippen LogP contribution in [0.25, 0.3) is 22.5 Å². The van der Waals surface area contributed by atoms with Gasteiger partial charge < -0.3 is 15.2 Å². The van der Waals surface area contributed by atoms with Crippen LogP contribution in [0.1, 0.15) is 36.3 Å². The fraction of sp³-hybridized carbons (Fsp3) is 0.172. The van der Waals surface area contributed by atoms with Crippen molar-refractivity contribution in [3.8, 4) is 28.6 Å². The lowest BCUT2D eigenvalue weighted by atomic mass is 10.1. The van der Waals surface area contributed by atoms with Crippen LogP contribution in [0.15, 0.2) is 73.2 Å². The molecule has 0 fully saturated rings. The van der Waals surface area contributed by atoms with Gasteiger partial charge in [-0.2, -0.15) is 0 Å². The van der Waals surface area contributed by atoms with Crippen molar-refractivity contribution in [2.45, 2.75) is 32.8 Å². The maximum absolute atomic E-state index is 14.3. The van der Waals surface area contributed by atoms with Gasteiger partial charge in [-0.1, -0.05) is 6.08 Å². The van der Waals surface area contributed by atoms with Gasteiger partial charge >= 0.3 is 0 Å². The number of nitrogens with zero attached hydrogens (tertiary/aromatic N) is 5. The van der Waals surface area contributed by atoms with Gasteiger partial charge in [0.05, 0.1) is 11.2 Å². The van der Waals surface area contributed by atoms with E-state index in [0.717, 1.165) is 41.6 Å². The molecule has 3 heterocycles. The third kappa shape index (κ3) is 4.78. The van der Waals surface area contributed by atoms with E-state index in [0.29, 0.717) is 34.8 Å². The van der Waals surface area contributed by atoms with Crippen molar-refractivity contribution >= 4 is 17.0 Å². The molecular formula is C29H25FN6O2. The molecule has 8 nitrogen and oxygen atoms in total. The number of aryl methyl sites for hydroxylation is 1. The van der Waals surface area contributed by atoms with Crippen LogP contribution in [-0.4, -0.2) is 24.3 Å². The number of fused-ring (bicyclic) bond motifs is 1. The molecule has 3 aromatic heterocycles. The number of benzene rings is 2. The Morgan fingerprint density at radius 3 is 2.53 bits per heavy atom. The number of ether oxygens (including phenoxy) is 2. The minimum atomic E-state index is -0.463. The summed E-state index contributed by atoms with van der Waals surface area (Å²) in [6, 6.07) is 13.6. The number of hydrogen-bond acceptors (Lipinski definition) is 7. The molecule has 0 amide bonds. The van der Waals surface area contributed by atoms with Crippen molar-refractivity contribution in [3.05, 3.63) is 96.1 Å². The predicted octanol–water partition coefficient (Wildman–Crippen LogP) is 6.15. The summed E-state index contributed by atoms with van der Waals surface area (Å²) < 4.78 is 27.8. The molecule has 190 valence electrons. The van der Waals surface area contributed by atoms with Crippen LogP contribution >= 0.6 is 0 Å². The van der Waals surface area contributed by atoms with Crippen LogP contribution in [0.2, 0.25) is 0 Å². The Bertz CT molecular complexity index is 1650. The summed E-state index contributed by atoms with van der Waals surface area (Å²) in [5.41, 5.74) is 11.0. The summed E-state index contributed by atoms with van der Waals surface area (Å²) in [6.07, 6.45) is 10.5.